The Hall–Kier alpha value is -3.13. The van der Waals surface area contributed by atoms with Crippen molar-refractivity contribution in [3.8, 4) is 17.1 Å². The number of carbonyl (C=O) groups excluding carboxylic acids is 1. The Balaban J connectivity index is 1.45. The highest BCUT2D eigenvalue weighted by molar-refractivity contribution is 5.63. The average molecular weight is 368 g/mol. The maximum absolute atomic E-state index is 11.0. The number of H-pyrrole nitrogens is 1. The first-order valence-corrected chi connectivity index (χ1v) is 8.74. The number of nitrogens with zero attached hydrogens (tertiary/aromatic N) is 3. The van der Waals surface area contributed by atoms with Crippen molar-refractivity contribution in [2.75, 3.05) is 19.7 Å². The third kappa shape index (κ3) is 3.70. The van der Waals surface area contributed by atoms with Crippen molar-refractivity contribution in [3.05, 3.63) is 53.4 Å². The molecule has 0 bridgehead atoms. The Morgan fingerprint density at radius 3 is 3.04 bits per heavy atom. The molecule has 1 atom stereocenters. The van der Waals surface area contributed by atoms with Crippen molar-refractivity contribution < 1.29 is 18.8 Å². The molecule has 3 heterocycles. The fourth-order valence-electron chi connectivity index (χ4n) is 3.04. The first-order valence-electron chi connectivity index (χ1n) is 8.74. The molecule has 2 aromatic heterocycles. The van der Waals surface area contributed by atoms with Crippen LogP contribution in [0, 0.1) is 6.92 Å². The van der Waals surface area contributed by atoms with Gasteiger partial charge in [0.1, 0.15) is 24.2 Å². The zero-order valence-corrected chi connectivity index (χ0v) is 14.9. The maximum atomic E-state index is 11.0. The number of aromatic amines is 1. The minimum absolute atomic E-state index is 0.231. The number of hydrogen-bond acceptors (Lipinski definition) is 6. The van der Waals surface area contributed by atoms with E-state index >= 15 is 0 Å². The van der Waals surface area contributed by atoms with Gasteiger partial charge in [-0.2, -0.15) is 0 Å². The van der Waals surface area contributed by atoms with Gasteiger partial charge in [0, 0.05) is 18.2 Å². The number of morpholine rings is 1. The minimum atomic E-state index is -0.231. The number of aromatic nitrogens is 3. The second-order valence-electron chi connectivity index (χ2n) is 6.34. The lowest BCUT2D eigenvalue weighted by atomic mass is 10.1. The van der Waals surface area contributed by atoms with E-state index < -0.39 is 0 Å². The van der Waals surface area contributed by atoms with Gasteiger partial charge in [-0.1, -0.05) is 35.5 Å². The minimum Gasteiger partial charge on any atom is -0.472 e. The number of aryl methyl sites for hydroxylation is 1. The van der Waals surface area contributed by atoms with Crippen LogP contribution in [0.25, 0.3) is 11.3 Å². The summed E-state index contributed by atoms with van der Waals surface area (Å²) in [7, 11) is 0. The van der Waals surface area contributed by atoms with Crippen molar-refractivity contribution in [3.63, 3.8) is 0 Å². The van der Waals surface area contributed by atoms with E-state index in [-0.39, 0.29) is 12.7 Å². The number of carbonyl (C=O) groups is 1. The van der Waals surface area contributed by atoms with Crippen LogP contribution in [0.5, 0.6) is 5.88 Å². The molecule has 8 heteroatoms. The molecule has 1 aromatic carbocycles. The van der Waals surface area contributed by atoms with Crippen LogP contribution in [0.3, 0.4) is 0 Å². The summed E-state index contributed by atoms with van der Waals surface area (Å²) in [6, 6.07) is 11.6. The zero-order chi connectivity index (χ0) is 18.6. The zero-order valence-electron chi connectivity index (χ0n) is 14.9. The number of benzene rings is 1. The smallest absolute Gasteiger partial charge is 0.233 e. The fourth-order valence-corrected chi connectivity index (χ4v) is 3.04. The van der Waals surface area contributed by atoms with Gasteiger partial charge in [-0.05, 0) is 6.92 Å². The van der Waals surface area contributed by atoms with Crippen molar-refractivity contribution in [2.45, 2.75) is 19.6 Å². The Morgan fingerprint density at radius 2 is 2.22 bits per heavy atom. The summed E-state index contributed by atoms with van der Waals surface area (Å²) in [5.74, 6) is 1.17. The van der Waals surface area contributed by atoms with Crippen LogP contribution in [-0.2, 0) is 16.1 Å². The average Bonchev–Trinajstić information content (AvgIpc) is 3.34. The molecule has 8 nitrogen and oxygen atoms in total. The predicted octanol–water partition coefficient (Wildman–Crippen LogP) is 2.48. The van der Waals surface area contributed by atoms with E-state index in [1.807, 2.05) is 37.3 Å². The summed E-state index contributed by atoms with van der Waals surface area (Å²) in [6.07, 6.45) is 0.606. The number of rotatable bonds is 6. The molecule has 140 valence electrons. The van der Waals surface area contributed by atoms with Gasteiger partial charge in [-0.3, -0.25) is 9.89 Å². The molecule has 1 unspecified atom stereocenters. The third-order valence-electron chi connectivity index (χ3n) is 4.56. The van der Waals surface area contributed by atoms with Crippen LogP contribution in [0.4, 0.5) is 0 Å². The molecule has 27 heavy (non-hydrogen) atoms. The number of hydrogen-bond donors (Lipinski definition) is 1. The van der Waals surface area contributed by atoms with Crippen molar-refractivity contribution in [1.29, 1.82) is 0 Å². The third-order valence-corrected chi connectivity index (χ3v) is 4.56. The van der Waals surface area contributed by atoms with Gasteiger partial charge in [0.25, 0.3) is 0 Å². The SMILES string of the molecule is Cc1onc(-c2ccccc2)c1COc1cc(C2CN(C=O)CCO2)[nH]n1. The molecule has 1 amide bonds. The van der Waals surface area contributed by atoms with Gasteiger partial charge >= 0.3 is 0 Å². The molecular formula is C19H20N4O4. The Kier molecular flexibility index (Phi) is 4.88. The number of nitrogens with one attached hydrogen (secondary N) is 1. The topological polar surface area (TPSA) is 93.5 Å². The van der Waals surface area contributed by atoms with Gasteiger partial charge in [0.15, 0.2) is 0 Å². The highest BCUT2D eigenvalue weighted by Crippen LogP contribution is 2.27. The molecule has 1 saturated heterocycles. The Morgan fingerprint density at radius 1 is 1.37 bits per heavy atom. The second-order valence-corrected chi connectivity index (χ2v) is 6.34. The van der Waals surface area contributed by atoms with E-state index in [0.29, 0.717) is 31.3 Å². The van der Waals surface area contributed by atoms with Gasteiger partial charge in [0.05, 0.1) is 24.4 Å². The van der Waals surface area contributed by atoms with E-state index in [2.05, 4.69) is 15.4 Å². The van der Waals surface area contributed by atoms with Crippen LogP contribution < -0.4 is 4.74 Å². The normalized spacial score (nSPS) is 17.1. The molecule has 1 aliphatic rings. The summed E-state index contributed by atoms with van der Waals surface area (Å²) in [5, 5.41) is 11.3. The molecule has 1 N–H and O–H groups in total. The van der Waals surface area contributed by atoms with Crippen LogP contribution in [0.15, 0.2) is 40.9 Å². The van der Waals surface area contributed by atoms with Gasteiger partial charge in [0.2, 0.25) is 12.3 Å². The lowest BCUT2D eigenvalue weighted by Crippen LogP contribution is -2.37. The quantitative estimate of drug-likeness (QED) is 0.672. The molecular weight excluding hydrogens is 348 g/mol. The molecule has 0 aliphatic carbocycles. The maximum Gasteiger partial charge on any atom is 0.233 e. The van der Waals surface area contributed by atoms with Crippen LogP contribution in [-0.4, -0.2) is 46.4 Å². The van der Waals surface area contributed by atoms with Gasteiger partial charge in [-0.25, -0.2) is 0 Å². The molecule has 3 aromatic rings. The molecule has 0 saturated carbocycles. The van der Waals surface area contributed by atoms with Crippen molar-refractivity contribution >= 4 is 6.41 Å². The van der Waals surface area contributed by atoms with Crippen molar-refractivity contribution in [2.24, 2.45) is 0 Å². The Labute approximate surface area is 156 Å². The van der Waals surface area contributed by atoms with E-state index in [9.17, 15) is 4.79 Å². The highest BCUT2D eigenvalue weighted by atomic mass is 16.5. The first kappa shape index (κ1) is 17.3. The molecule has 0 radical (unpaired) electrons. The highest BCUT2D eigenvalue weighted by Gasteiger charge is 2.23. The van der Waals surface area contributed by atoms with E-state index in [4.69, 9.17) is 14.0 Å². The molecule has 1 fully saturated rings. The van der Waals surface area contributed by atoms with E-state index in [1.54, 1.807) is 11.0 Å². The van der Waals surface area contributed by atoms with E-state index in [0.717, 1.165) is 28.9 Å². The number of amides is 1. The van der Waals surface area contributed by atoms with E-state index in [1.165, 1.54) is 0 Å². The largest absolute Gasteiger partial charge is 0.472 e. The summed E-state index contributed by atoms with van der Waals surface area (Å²) < 4.78 is 16.9. The lowest BCUT2D eigenvalue weighted by Gasteiger charge is -2.29. The van der Waals surface area contributed by atoms with Crippen molar-refractivity contribution in [1.82, 2.24) is 20.3 Å². The molecule has 4 rings (SSSR count). The summed E-state index contributed by atoms with van der Waals surface area (Å²) >= 11 is 0. The van der Waals surface area contributed by atoms with Crippen LogP contribution >= 0.6 is 0 Å². The second kappa shape index (κ2) is 7.63. The van der Waals surface area contributed by atoms with Gasteiger partial charge < -0.3 is 18.9 Å². The Bertz CT molecular complexity index is 906. The summed E-state index contributed by atoms with van der Waals surface area (Å²) in [5.41, 5.74) is 3.40. The van der Waals surface area contributed by atoms with Gasteiger partial charge in [-0.15, -0.1) is 5.10 Å². The summed E-state index contributed by atoms with van der Waals surface area (Å²) in [6.45, 7) is 3.74. The standard InChI is InChI=1S/C19H20N4O4/c1-13-15(19(22-27-13)14-5-3-2-4-6-14)11-26-18-9-16(20-21-18)17-10-23(12-24)7-8-25-17/h2-6,9,12,17H,7-8,10-11H2,1H3,(H,20,21). The predicted molar refractivity (Wildman–Crippen MR) is 95.9 cm³/mol. The molecule has 0 spiro atoms. The van der Waals surface area contributed by atoms with Crippen LogP contribution in [0.1, 0.15) is 23.1 Å². The molecule has 1 aliphatic heterocycles. The lowest BCUT2D eigenvalue weighted by molar-refractivity contribution is -0.125. The van der Waals surface area contributed by atoms with Crippen LogP contribution in [0.2, 0.25) is 0 Å². The summed E-state index contributed by atoms with van der Waals surface area (Å²) in [4.78, 5) is 12.6. The monoisotopic (exact) mass is 368 g/mol. The first-order chi connectivity index (χ1) is 13.2. The number of ether oxygens (including phenoxy) is 2. The fraction of sp³-hybridized carbons (Fsp3) is 0.316.